The van der Waals surface area contributed by atoms with Crippen LogP contribution in [0.4, 0.5) is 5.82 Å². The van der Waals surface area contributed by atoms with Gasteiger partial charge in [-0.15, -0.1) is 0 Å². The van der Waals surface area contributed by atoms with Crippen molar-refractivity contribution in [2.75, 3.05) is 5.73 Å². The van der Waals surface area contributed by atoms with E-state index >= 15 is 0 Å². The molecule has 1 aromatic carbocycles. The van der Waals surface area contributed by atoms with E-state index in [1.165, 1.54) is 31.4 Å². The van der Waals surface area contributed by atoms with Crippen molar-refractivity contribution in [3.8, 4) is 5.69 Å². The Balaban J connectivity index is 1.91. The summed E-state index contributed by atoms with van der Waals surface area (Å²) in [4.78, 5) is 41.9. The Morgan fingerprint density at radius 2 is 1.70 bits per heavy atom. The molecule has 3 aromatic rings. The fraction of sp³-hybridized carbons (Fsp3) is 0.333. The van der Waals surface area contributed by atoms with Gasteiger partial charge in [0, 0.05) is 32.2 Å². The van der Waals surface area contributed by atoms with E-state index < -0.39 is 22.3 Å². The molecule has 0 saturated heterocycles. The van der Waals surface area contributed by atoms with Gasteiger partial charge in [-0.25, -0.2) is 9.78 Å². The molecule has 0 aliphatic heterocycles. The monoisotopic (exact) mass is 427 g/mol. The zero-order chi connectivity index (χ0) is 22.2. The Hall–Kier alpha value is -3.07. The molecule has 0 saturated carbocycles. The quantitative estimate of drug-likeness (QED) is 0.478. The summed E-state index contributed by atoms with van der Waals surface area (Å²) < 4.78 is 3.88. The van der Waals surface area contributed by atoms with Gasteiger partial charge in [-0.3, -0.25) is 23.3 Å². The normalized spacial score (nSPS) is 12.3. The number of hydrogen-bond donors (Lipinski definition) is 1. The summed E-state index contributed by atoms with van der Waals surface area (Å²) in [7, 11) is 2.76. The first-order valence-corrected chi connectivity index (χ1v) is 10.4. The summed E-state index contributed by atoms with van der Waals surface area (Å²) in [6.45, 7) is 5.96. The molecule has 158 valence electrons. The van der Waals surface area contributed by atoms with Crippen LogP contribution in [0.15, 0.2) is 51.4 Å². The van der Waals surface area contributed by atoms with Gasteiger partial charge in [-0.1, -0.05) is 37.7 Å². The third-order valence-electron chi connectivity index (χ3n) is 5.05. The van der Waals surface area contributed by atoms with E-state index in [4.69, 9.17) is 5.73 Å². The minimum absolute atomic E-state index is 0.131. The number of aromatic nitrogens is 4. The molecule has 2 heterocycles. The summed E-state index contributed by atoms with van der Waals surface area (Å²) in [5.74, 6) is -0.144. The van der Waals surface area contributed by atoms with Crippen LogP contribution in [-0.2, 0) is 14.1 Å². The lowest BCUT2D eigenvalue weighted by Gasteiger charge is -2.15. The predicted molar refractivity (Wildman–Crippen MR) is 119 cm³/mol. The Bertz CT molecular complexity index is 1200. The van der Waals surface area contributed by atoms with Gasteiger partial charge >= 0.3 is 5.69 Å². The van der Waals surface area contributed by atoms with Crippen LogP contribution >= 0.6 is 11.8 Å². The van der Waals surface area contributed by atoms with Crippen LogP contribution in [0.3, 0.4) is 0 Å². The number of hydrogen-bond acceptors (Lipinski definition) is 6. The topological polar surface area (TPSA) is 105 Å². The molecular formula is C21H25N5O3S. The van der Waals surface area contributed by atoms with Gasteiger partial charge in [-0.2, -0.15) is 0 Å². The molecule has 1 atom stereocenters. The van der Waals surface area contributed by atoms with Crippen molar-refractivity contribution in [3.05, 3.63) is 68.6 Å². The molecule has 30 heavy (non-hydrogen) atoms. The number of carbonyl (C=O) groups is 1. The average molecular weight is 428 g/mol. The molecule has 3 rings (SSSR count). The third-order valence-corrected chi connectivity index (χ3v) is 6.13. The van der Waals surface area contributed by atoms with Gasteiger partial charge in [0.25, 0.3) is 5.56 Å². The maximum atomic E-state index is 13.0. The number of nitrogens with two attached hydrogens (primary N) is 1. The Labute approximate surface area is 178 Å². The number of nitrogen functional groups attached to an aromatic ring is 1. The molecule has 0 bridgehead atoms. The Morgan fingerprint density at radius 3 is 2.30 bits per heavy atom. The number of carbonyl (C=O) groups excluding carboxylic acids is 1. The van der Waals surface area contributed by atoms with E-state index in [0.29, 0.717) is 11.1 Å². The fourth-order valence-corrected chi connectivity index (χ4v) is 4.04. The average Bonchev–Trinajstić information content (AvgIpc) is 3.18. The SMILES string of the molecule is CC(Sc1nccn1-c1ccc(C(C)C)cc1)C(=O)c1c(N)n(C)c(=O)n(C)c1=O. The van der Waals surface area contributed by atoms with Crippen molar-refractivity contribution >= 4 is 23.4 Å². The zero-order valence-corrected chi connectivity index (χ0v) is 18.4. The maximum Gasteiger partial charge on any atom is 0.332 e. The molecule has 2 N–H and O–H groups in total. The highest BCUT2D eigenvalue weighted by Gasteiger charge is 2.26. The van der Waals surface area contributed by atoms with Crippen molar-refractivity contribution in [1.29, 1.82) is 0 Å². The van der Waals surface area contributed by atoms with Crippen molar-refractivity contribution in [1.82, 2.24) is 18.7 Å². The first-order chi connectivity index (χ1) is 14.1. The molecule has 0 fully saturated rings. The molecule has 1 unspecified atom stereocenters. The standard InChI is InChI=1S/C21H25N5O3S/c1-12(2)14-6-8-15(9-7-14)26-11-10-23-20(26)30-13(3)17(27)16-18(22)24(4)21(29)25(5)19(16)28/h6-13H,22H2,1-5H3. The second-order valence-electron chi connectivity index (χ2n) is 7.42. The minimum atomic E-state index is -0.694. The molecule has 9 heteroatoms. The van der Waals surface area contributed by atoms with Crippen LogP contribution in [-0.4, -0.2) is 29.7 Å². The Kier molecular flexibility index (Phi) is 6.02. The van der Waals surface area contributed by atoms with Crippen LogP contribution < -0.4 is 17.0 Å². The van der Waals surface area contributed by atoms with Crippen molar-refractivity contribution in [3.63, 3.8) is 0 Å². The highest BCUT2D eigenvalue weighted by Crippen LogP contribution is 2.27. The molecule has 0 spiro atoms. The number of Topliss-reactive ketones (excluding diaryl/α,β-unsaturated/α-hetero) is 1. The summed E-state index contributed by atoms with van der Waals surface area (Å²) in [5, 5.41) is -0.0121. The highest BCUT2D eigenvalue weighted by molar-refractivity contribution is 8.00. The van der Waals surface area contributed by atoms with E-state index in [1.807, 2.05) is 22.9 Å². The number of benzene rings is 1. The van der Waals surface area contributed by atoms with Gasteiger partial charge in [0.15, 0.2) is 10.9 Å². The second kappa shape index (κ2) is 8.35. The van der Waals surface area contributed by atoms with Gasteiger partial charge < -0.3 is 5.73 Å². The first-order valence-electron chi connectivity index (χ1n) is 9.53. The van der Waals surface area contributed by atoms with Crippen LogP contribution in [0.25, 0.3) is 5.69 Å². The summed E-state index contributed by atoms with van der Waals surface area (Å²) in [6, 6.07) is 8.15. The molecule has 2 aromatic heterocycles. The molecule has 0 amide bonds. The lowest BCUT2D eigenvalue weighted by atomic mass is 10.0. The van der Waals surface area contributed by atoms with E-state index in [-0.39, 0.29) is 11.4 Å². The van der Waals surface area contributed by atoms with Crippen molar-refractivity contribution in [2.45, 2.75) is 37.1 Å². The number of nitrogens with zero attached hydrogens (tertiary/aromatic N) is 4. The van der Waals surface area contributed by atoms with Crippen molar-refractivity contribution < 1.29 is 4.79 Å². The van der Waals surface area contributed by atoms with E-state index in [9.17, 15) is 14.4 Å². The number of ketones is 1. The van der Waals surface area contributed by atoms with E-state index in [1.54, 1.807) is 13.1 Å². The van der Waals surface area contributed by atoms with Crippen LogP contribution in [0.5, 0.6) is 0 Å². The lowest BCUT2D eigenvalue weighted by Crippen LogP contribution is -2.42. The summed E-state index contributed by atoms with van der Waals surface area (Å²) in [5.41, 5.74) is 6.64. The van der Waals surface area contributed by atoms with Crippen LogP contribution in [0.1, 0.15) is 42.6 Å². The van der Waals surface area contributed by atoms with Gasteiger partial charge in [-0.05, 0) is 30.5 Å². The molecule has 0 aliphatic rings. The van der Waals surface area contributed by atoms with Gasteiger partial charge in [0.2, 0.25) is 0 Å². The highest BCUT2D eigenvalue weighted by atomic mass is 32.2. The Morgan fingerprint density at radius 1 is 1.07 bits per heavy atom. The number of imidazole rings is 1. The molecule has 0 radical (unpaired) electrons. The van der Waals surface area contributed by atoms with Gasteiger partial charge in [0.1, 0.15) is 11.4 Å². The predicted octanol–water partition coefficient (Wildman–Crippen LogP) is 2.34. The number of rotatable bonds is 6. The molecule has 0 aliphatic carbocycles. The summed E-state index contributed by atoms with van der Waals surface area (Å²) in [6.07, 6.45) is 3.49. The zero-order valence-electron chi connectivity index (χ0n) is 17.6. The third kappa shape index (κ3) is 3.85. The van der Waals surface area contributed by atoms with Crippen LogP contribution in [0.2, 0.25) is 0 Å². The number of thioether (sulfide) groups is 1. The van der Waals surface area contributed by atoms with E-state index in [2.05, 4.69) is 31.0 Å². The molecule has 8 nitrogen and oxygen atoms in total. The first kappa shape index (κ1) is 21.6. The molecular weight excluding hydrogens is 402 g/mol. The fourth-order valence-electron chi connectivity index (χ4n) is 3.10. The summed E-state index contributed by atoms with van der Waals surface area (Å²) >= 11 is 1.23. The smallest absolute Gasteiger partial charge is 0.332 e. The maximum absolute atomic E-state index is 13.0. The van der Waals surface area contributed by atoms with Crippen LogP contribution in [0, 0.1) is 0 Å². The lowest BCUT2D eigenvalue weighted by molar-refractivity contribution is 0.0992. The minimum Gasteiger partial charge on any atom is -0.384 e. The van der Waals surface area contributed by atoms with E-state index in [0.717, 1.165) is 14.8 Å². The largest absolute Gasteiger partial charge is 0.384 e. The van der Waals surface area contributed by atoms with Crippen molar-refractivity contribution in [2.24, 2.45) is 14.1 Å². The van der Waals surface area contributed by atoms with Gasteiger partial charge in [0.05, 0.1) is 5.25 Å². The second-order valence-corrected chi connectivity index (χ2v) is 8.72. The number of anilines is 1.